The van der Waals surface area contributed by atoms with Crippen LogP contribution in [0.3, 0.4) is 0 Å². The van der Waals surface area contributed by atoms with Crippen molar-refractivity contribution in [2.24, 2.45) is 0 Å². The summed E-state index contributed by atoms with van der Waals surface area (Å²) in [4.78, 5) is 0. The van der Waals surface area contributed by atoms with Gasteiger partial charge in [0.15, 0.2) is 4.77 Å². The van der Waals surface area contributed by atoms with E-state index in [0.29, 0.717) is 4.77 Å². The van der Waals surface area contributed by atoms with Crippen LogP contribution in [-0.4, -0.2) is 20.1 Å². The van der Waals surface area contributed by atoms with Crippen molar-refractivity contribution in [3.8, 4) is 0 Å². The first-order chi connectivity index (χ1) is 6.65. The van der Waals surface area contributed by atoms with E-state index in [1.165, 1.54) is 0 Å². The number of H-pyrrole nitrogens is 1. The van der Waals surface area contributed by atoms with Crippen LogP contribution in [-0.2, 0) is 13.0 Å². The van der Waals surface area contributed by atoms with Crippen LogP contribution in [0.4, 0.5) is 0 Å². The lowest BCUT2D eigenvalue weighted by Gasteiger charge is -2.07. The lowest BCUT2D eigenvalue weighted by molar-refractivity contribution is 0.619. The SMILES string of the molecule is CCCCc1n[nH]c(=S)n1CC(C)Cl. The second-order valence-corrected chi connectivity index (χ2v) is 4.57. The molecule has 0 bridgehead atoms. The minimum atomic E-state index is 0.0830. The number of nitrogens with zero attached hydrogens (tertiary/aromatic N) is 2. The third-order valence-corrected chi connectivity index (χ3v) is 2.48. The number of halogens is 1. The van der Waals surface area contributed by atoms with Gasteiger partial charge in [0.05, 0.1) is 0 Å². The summed E-state index contributed by atoms with van der Waals surface area (Å²) in [6.07, 6.45) is 3.26. The van der Waals surface area contributed by atoms with Crippen molar-refractivity contribution < 1.29 is 0 Å². The topological polar surface area (TPSA) is 33.6 Å². The minimum absolute atomic E-state index is 0.0830. The van der Waals surface area contributed by atoms with E-state index < -0.39 is 0 Å². The summed E-state index contributed by atoms with van der Waals surface area (Å²) in [7, 11) is 0. The van der Waals surface area contributed by atoms with Crippen molar-refractivity contribution in [3.63, 3.8) is 0 Å². The first-order valence-electron chi connectivity index (χ1n) is 4.93. The molecule has 1 atom stereocenters. The molecule has 1 aromatic heterocycles. The van der Waals surface area contributed by atoms with E-state index in [9.17, 15) is 0 Å². The molecule has 0 radical (unpaired) electrons. The van der Waals surface area contributed by atoms with Gasteiger partial charge in [0.1, 0.15) is 5.82 Å². The molecular weight excluding hydrogens is 218 g/mol. The van der Waals surface area contributed by atoms with E-state index >= 15 is 0 Å². The van der Waals surface area contributed by atoms with E-state index in [-0.39, 0.29) is 5.38 Å². The molecule has 1 aromatic rings. The van der Waals surface area contributed by atoms with Crippen molar-refractivity contribution in [1.29, 1.82) is 0 Å². The summed E-state index contributed by atoms with van der Waals surface area (Å²) in [5, 5.41) is 7.09. The normalized spacial score (nSPS) is 13.1. The third-order valence-electron chi connectivity index (χ3n) is 2.03. The van der Waals surface area contributed by atoms with E-state index in [1.807, 2.05) is 11.5 Å². The summed E-state index contributed by atoms with van der Waals surface area (Å²) >= 11 is 11.1. The number of rotatable bonds is 5. The van der Waals surface area contributed by atoms with Crippen LogP contribution in [0.25, 0.3) is 0 Å². The quantitative estimate of drug-likeness (QED) is 0.627. The third kappa shape index (κ3) is 3.10. The van der Waals surface area contributed by atoms with Crippen molar-refractivity contribution in [1.82, 2.24) is 14.8 Å². The van der Waals surface area contributed by atoms with Gasteiger partial charge in [-0.15, -0.1) is 11.6 Å². The highest BCUT2D eigenvalue weighted by Gasteiger charge is 2.07. The second-order valence-electron chi connectivity index (χ2n) is 3.44. The summed E-state index contributed by atoms with van der Waals surface area (Å²) in [5.41, 5.74) is 0. The number of aromatic amines is 1. The van der Waals surface area contributed by atoms with Crippen molar-refractivity contribution in [2.45, 2.75) is 45.0 Å². The molecule has 0 aromatic carbocycles. The van der Waals surface area contributed by atoms with Crippen LogP contribution in [0.15, 0.2) is 0 Å². The average Bonchev–Trinajstić information content (AvgIpc) is 2.45. The molecule has 14 heavy (non-hydrogen) atoms. The van der Waals surface area contributed by atoms with Crippen molar-refractivity contribution >= 4 is 23.8 Å². The van der Waals surface area contributed by atoms with Gasteiger partial charge in [-0.2, -0.15) is 5.10 Å². The number of aryl methyl sites for hydroxylation is 1. The Morgan fingerprint density at radius 1 is 1.64 bits per heavy atom. The summed E-state index contributed by atoms with van der Waals surface area (Å²) in [6, 6.07) is 0. The maximum Gasteiger partial charge on any atom is 0.195 e. The molecule has 5 heteroatoms. The largest absolute Gasteiger partial charge is 0.303 e. The molecule has 3 nitrogen and oxygen atoms in total. The smallest absolute Gasteiger partial charge is 0.195 e. The summed E-state index contributed by atoms with van der Waals surface area (Å²) in [6.45, 7) is 4.85. The molecule has 0 aliphatic carbocycles. The zero-order valence-electron chi connectivity index (χ0n) is 8.59. The highest BCUT2D eigenvalue weighted by molar-refractivity contribution is 7.71. The number of unbranched alkanes of at least 4 members (excludes halogenated alkanes) is 1. The summed E-state index contributed by atoms with van der Waals surface area (Å²) < 4.78 is 2.66. The molecule has 1 unspecified atom stereocenters. The molecule has 0 amide bonds. The van der Waals surface area contributed by atoms with Crippen molar-refractivity contribution in [3.05, 3.63) is 10.6 Å². The molecule has 1 N–H and O–H groups in total. The first kappa shape index (κ1) is 11.7. The Labute approximate surface area is 94.5 Å². The Bertz CT molecular complexity index is 329. The molecule has 0 aliphatic heterocycles. The van der Waals surface area contributed by atoms with Gasteiger partial charge < -0.3 is 4.57 Å². The van der Waals surface area contributed by atoms with Gasteiger partial charge in [-0.1, -0.05) is 13.3 Å². The monoisotopic (exact) mass is 233 g/mol. The van der Waals surface area contributed by atoms with Gasteiger partial charge in [0, 0.05) is 18.3 Å². The van der Waals surface area contributed by atoms with E-state index in [2.05, 4.69) is 17.1 Å². The molecule has 0 saturated heterocycles. The molecule has 0 saturated carbocycles. The fraction of sp³-hybridized carbons (Fsp3) is 0.778. The van der Waals surface area contributed by atoms with Gasteiger partial charge in [-0.3, -0.25) is 5.10 Å². The Morgan fingerprint density at radius 2 is 2.36 bits per heavy atom. The molecule has 1 heterocycles. The predicted molar refractivity (Wildman–Crippen MR) is 61.3 cm³/mol. The number of alkyl halides is 1. The van der Waals surface area contributed by atoms with Gasteiger partial charge >= 0.3 is 0 Å². The first-order valence-corrected chi connectivity index (χ1v) is 5.77. The van der Waals surface area contributed by atoms with Gasteiger partial charge in [0.25, 0.3) is 0 Å². The van der Waals surface area contributed by atoms with E-state index in [4.69, 9.17) is 23.8 Å². The second kappa shape index (κ2) is 5.51. The maximum absolute atomic E-state index is 5.94. The van der Waals surface area contributed by atoms with Crippen LogP contribution in [0.1, 0.15) is 32.5 Å². The molecule has 0 spiro atoms. The molecule has 80 valence electrons. The average molecular weight is 234 g/mol. The lowest BCUT2D eigenvalue weighted by Crippen LogP contribution is -2.10. The highest BCUT2D eigenvalue weighted by atomic mass is 35.5. The van der Waals surface area contributed by atoms with Crippen LogP contribution >= 0.6 is 23.8 Å². The standard InChI is InChI=1S/C9H16ClN3S/c1-3-4-5-8-11-12-9(14)13(8)6-7(2)10/h7H,3-6H2,1-2H3,(H,12,14). The number of aromatic nitrogens is 3. The molecule has 1 rings (SSSR count). The van der Waals surface area contributed by atoms with Crippen LogP contribution in [0.5, 0.6) is 0 Å². The number of nitrogens with one attached hydrogen (secondary N) is 1. The van der Waals surface area contributed by atoms with Gasteiger partial charge in [-0.25, -0.2) is 0 Å². The van der Waals surface area contributed by atoms with Crippen LogP contribution in [0.2, 0.25) is 0 Å². The fourth-order valence-corrected chi connectivity index (χ4v) is 1.68. The van der Waals surface area contributed by atoms with E-state index in [0.717, 1.165) is 31.6 Å². The Hall–Kier alpha value is -0.350. The highest BCUT2D eigenvalue weighted by Crippen LogP contribution is 2.07. The zero-order valence-corrected chi connectivity index (χ0v) is 10.2. The van der Waals surface area contributed by atoms with Gasteiger partial charge in [-0.05, 0) is 25.6 Å². The fourth-order valence-electron chi connectivity index (χ4n) is 1.32. The zero-order chi connectivity index (χ0) is 10.6. The number of hydrogen-bond donors (Lipinski definition) is 1. The Balaban J connectivity index is 2.77. The molecule has 0 fully saturated rings. The van der Waals surface area contributed by atoms with E-state index in [1.54, 1.807) is 0 Å². The lowest BCUT2D eigenvalue weighted by atomic mass is 10.2. The number of hydrogen-bond acceptors (Lipinski definition) is 2. The summed E-state index contributed by atoms with van der Waals surface area (Å²) in [5.74, 6) is 1.02. The Kier molecular flexibility index (Phi) is 4.62. The van der Waals surface area contributed by atoms with Crippen LogP contribution in [0, 0.1) is 4.77 Å². The molecular formula is C9H16ClN3S. The predicted octanol–water partition coefficient (Wildman–Crippen LogP) is 2.91. The minimum Gasteiger partial charge on any atom is -0.303 e. The Morgan fingerprint density at radius 3 is 2.93 bits per heavy atom. The maximum atomic E-state index is 5.94. The van der Waals surface area contributed by atoms with Crippen molar-refractivity contribution in [2.75, 3.05) is 0 Å². The van der Waals surface area contributed by atoms with Crippen LogP contribution < -0.4 is 0 Å². The van der Waals surface area contributed by atoms with Gasteiger partial charge in [0.2, 0.25) is 0 Å². The molecule has 0 aliphatic rings.